The summed E-state index contributed by atoms with van der Waals surface area (Å²) in [4.78, 5) is 6.91. The van der Waals surface area contributed by atoms with Gasteiger partial charge in [0, 0.05) is 45.1 Å². The molecular formula is C18H37IN6O. The first kappa shape index (κ1) is 25.1. The average Bonchev–Trinajstić information content (AvgIpc) is 2.96. The van der Waals surface area contributed by atoms with Crippen LogP contribution in [-0.4, -0.2) is 67.6 Å². The van der Waals surface area contributed by atoms with E-state index in [1.807, 2.05) is 24.1 Å². The van der Waals surface area contributed by atoms with E-state index in [0.29, 0.717) is 12.5 Å². The molecular weight excluding hydrogens is 443 g/mol. The van der Waals surface area contributed by atoms with Gasteiger partial charge in [-0.05, 0) is 33.4 Å². The van der Waals surface area contributed by atoms with Crippen LogP contribution in [0, 0.1) is 5.92 Å². The van der Waals surface area contributed by atoms with Gasteiger partial charge < -0.3 is 20.3 Å². The van der Waals surface area contributed by atoms with Crippen LogP contribution in [0.25, 0.3) is 0 Å². The molecule has 0 saturated heterocycles. The van der Waals surface area contributed by atoms with E-state index in [4.69, 9.17) is 9.73 Å². The molecule has 1 unspecified atom stereocenters. The van der Waals surface area contributed by atoms with Crippen LogP contribution in [-0.2, 0) is 11.8 Å². The van der Waals surface area contributed by atoms with Gasteiger partial charge in [-0.3, -0.25) is 9.67 Å². The highest BCUT2D eigenvalue weighted by Crippen LogP contribution is 2.17. The molecule has 0 radical (unpaired) electrons. The second-order valence-corrected chi connectivity index (χ2v) is 6.90. The van der Waals surface area contributed by atoms with Gasteiger partial charge in [-0.2, -0.15) is 5.10 Å². The maximum atomic E-state index is 5.61. The van der Waals surface area contributed by atoms with Crippen LogP contribution in [0.1, 0.15) is 38.8 Å². The number of aromatic nitrogens is 2. The Morgan fingerprint density at radius 1 is 1.35 bits per heavy atom. The highest BCUT2D eigenvalue weighted by atomic mass is 127. The molecule has 0 aliphatic carbocycles. The van der Waals surface area contributed by atoms with Gasteiger partial charge in [0.05, 0.1) is 18.8 Å². The fourth-order valence-corrected chi connectivity index (χ4v) is 2.40. The van der Waals surface area contributed by atoms with Crippen LogP contribution >= 0.6 is 24.0 Å². The van der Waals surface area contributed by atoms with E-state index < -0.39 is 0 Å². The van der Waals surface area contributed by atoms with Gasteiger partial charge in [0.2, 0.25) is 0 Å². The van der Waals surface area contributed by atoms with Crippen LogP contribution < -0.4 is 10.6 Å². The predicted molar refractivity (Wildman–Crippen MR) is 119 cm³/mol. The lowest BCUT2D eigenvalue weighted by atomic mass is 10.1. The van der Waals surface area contributed by atoms with Crippen molar-refractivity contribution in [3.05, 3.63) is 18.0 Å². The summed E-state index contributed by atoms with van der Waals surface area (Å²) in [6.07, 6.45) is 4.93. The third-order valence-corrected chi connectivity index (χ3v) is 3.71. The largest absolute Gasteiger partial charge is 0.381 e. The third-order valence-electron chi connectivity index (χ3n) is 3.71. The monoisotopic (exact) mass is 480 g/mol. The first-order valence-electron chi connectivity index (χ1n) is 9.18. The zero-order valence-electron chi connectivity index (χ0n) is 17.2. The van der Waals surface area contributed by atoms with Crippen molar-refractivity contribution >= 4 is 29.9 Å². The Kier molecular flexibility index (Phi) is 13.7. The molecule has 0 spiro atoms. The number of halogens is 1. The zero-order valence-corrected chi connectivity index (χ0v) is 19.5. The fourth-order valence-electron chi connectivity index (χ4n) is 2.40. The van der Waals surface area contributed by atoms with E-state index in [1.165, 1.54) is 5.56 Å². The SMILES string of the molecule is CCNC(=NCC(c1cnn(C)c1)N(C)C)NCCCOCC(C)C.I. The molecule has 0 aromatic carbocycles. The molecule has 1 aromatic heterocycles. The van der Waals surface area contributed by atoms with Crippen molar-refractivity contribution in [1.29, 1.82) is 0 Å². The lowest BCUT2D eigenvalue weighted by molar-refractivity contribution is 0.108. The standard InChI is InChI=1S/C18H36N6O.HI/c1-7-19-18(20-9-8-10-25-14-15(2)3)21-12-17(23(4)5)16-11-22-24(6)13-16;/h11,13,15,17H,7-10,12,14H2,1-6H3,(H2,19,20,21);1H. The lowest BCUT2D eigenvalue weighted by Gasteiger charge is -2.22. The second-order valence-electron chi connectivity index (χ2n) is 6.90. The first-order valence-corrected chi connectivity index (χ1v) is 9.18. The minimum absolute atomic E-state index is 0. The summed E-state index contributed by atoms with van der Waals surface area (Å²) in [5.41, 5.74) is 1.18. The molecule has 2 N–H and O–H groups in total. The maximum absolute atomic E-state index is 5.61. The molecule has 0 bridgehead atoms. The van der Waals surface area contributed by atoms with Crippen molar-refractivity contribution in [2.24, 2.45) is 18.0 Å². The number of nitrogens with zero attached hydrogens (tertiary/aromatic N) is 4. The Hall–Kier alpha value is -0.870. The Morgan fingerprint density at radius 2 is 2.08 bits per heavy atom. The molecule has 0 aliphatic heterocycles. The van der Waals surface area contributed by atoms with Crippen molar-refractivity contribution < 1.29 is 4.74 Å². The van der Waals surface area contributed by atoms with Gasteiger partial charge in [-0.1, -0.05) is 13.8 Å². The van der Waals surface area contributed by atoms with E-state index in [2.05, 4.69) is 55.5 Å². The van der Waals surface area contributed by atoms with Crippen LogP contribution in [0.15, 0.2) is 17.4 Å². The number of aliphatic imine (C=N–C) groups is 1. The number of guanidine groups is 1. The summed E-state index contributed by atoms with van der Waals surface area (Å²) in [6, 6.07) is 0.207. The summed E-state index contributed by atoms with van der Waals surface area (Å²) in [5, 5.41) is 11.0. The van der Waals surface area contributed by atoms with E-state index in [1.54, 1.807) is 0 Å². The molecule has 0 amide bonds. The molecule has 152 valence electrons. The van der Waals surface area contributed by atoms with Crippen LogP contribution in [0.2, 0.25) is 0 Å². The second kappa shape index (κ2) is 14.2. The number of hydrogen-bond donors (Lipinski definition) is 2. The molecule has 1 aromatic rings. The molecule has 7 nitrogen and oxygen atoms in total. The molecule has 8 heteroatoms. The Bertz CT molecular complexity index is 504. The highest BCUT2D eigenvalue weighted by Gasteiger charge is 2.15. The van der Waals surface area contributed by atoms with Gasteiger partial charge in [0.15, 0.2) is 5.96 Å². The van der Waals surface area contributed by atoms with E-state index in [0.717, 1.165) is 38.7 Å². The van der Waals surface area contributed by atoms with Crippen molar-refractivity contribution in [2.75, 3.05) is 46.9 Å². The van der Waals surface area contributed by atoms with Gasteiger partial charge in [-0.25, -0.2) is 0 Å². The van der Waals surface area contributed by atoms with Crippen molar-refractivity contribution in [1.82, 2.24) is 25.3 Å². The molecule has 1 heterocycles. The van der Waals surface area contributed by atoms with Crippen LogP contribution in [0.5, 0.6) is 0 Å². The van der Waals surface area contributed by atoms with Crippen LogP contribution in [0.3, 0.4) is 0 Å². The summed E-state index contributed by atoms with van der Waals surface area (Å²) >= 11 is 0. The van der Waals surface area contributed by atoms with E-state index in [9.17, 15) is 0 Å². The maximum Gasteiger partial charge on any atom is 0.191 e. The quantitative estimate of drug-likeness (QED) is 0.220. The fraction of sp³-hybridized carbons (Fsp3) is 0.778. The number of hydrogen-bond acceptors (Lipinski definition) is 4. The molecule has 0 aliphatic rings. The van der Waals surface area contributed by atoms with Gasteiger partial charge in [0.25, 0.3) is 0 Å². The summed E-state index contributed by atoms with van der Waals surface area (Å²) < 4.78 is 7.44. The predicted octanol–water partition coefficient (Wildman–Crippen LogP) is 2.26. The van der Waals surface area contributed by atoms with E-state index in [-0.39, 0.29) is 30.0 Å². The normalized spacial score (nSPS) is 13.0. The Labute approximate surface area is 176 Å². The highest BCUT2D eigenvalue weighted by molar-refractivity contribution is 14.0. The first-order chi connectivity index (χ1) is 11.9. The number of rotatable bonds is 11. The van der Waals surface area contributed by atoms with Crippen molar-refractivity contribution in [3.8, 4) is 0 Å². The average molecular weight is 480 g/mol. The number of aryl methyl sites for hydroxylation is 1. The van der Waals surface area contributed by atoms with Gasteiger partial charge >= 0.3 is 0 Å². The van der Waals surface area contributed by atoms with Crippen molar-refractivity contribution in [3.63, 3.8) is 0 Å². The zero-order chi connectivity index (χ0) is 18.7. The number of likely N-dealkylation sites (N-methyl/N-ethyl adjacent to an activating group) is 1. The lowest BCUT2D eigenvalue weighted by Crippen LogP contribution is -2.38. The molecule has 0 fully saturated rings. The summed E-state index contributed by atoms with van der Waals surface area (Å²) in [7, 11) is 6.08. The van der Waals surface area contributed by atoms with Gasteiger partial charge in [-0.15, -0.1) is 24.0 Å². The molecule has 0 saturated carbocycles. The smallest absolute Gasteiger partial charge is 0.191 e. The molecule has 1 rings (SSSR count). The van der Waals surface area contributed by atoms with Gasteiger partial charge in [0.1, 0.15) is 0 Å². The minimum Gasteiger partial charge on any atom is -0.381 e. The minimum atomic E-state index is 0. The number of ether oxygens (including phenoxy) is 1. The molecule has 1 atom stereocenters. The summed E-state index contributed by atoms with van der Waals surface area (Å²) in [5.74, 6) is 1.43. The molecule has 26 heavy (non-hydrogen) atoms. The van der Waals surface area contributed by atoms with Crippen LogP contribution in [0.4, 0.5) is 0 Å². The third kappa shape index (κ3) is 10.3. The van der Waals surface area contributed by atoms with Crippen molar-refractivity contribution in [2.45, 2.75) is 33.2 Å². The summed E-state index contributed by atoms with van der Waals surface area (Å²) in [6.45, 7) is 10.4. The topological polar surface area (TPSA) is 66.7 Å². The Balaban J connectivity index is 0.00000625. The van der Waals surface area contributed by atoms with E-state index >= 15 is 0 Å². The number of nitrogens with one attached hydrogen (secondary N) is 2. The Morgan fingerprint density at radius 3 is 2.62 bits per heavy atom.